The maximum Gasteiger partial charge on any atom is 0.410 e. The Balaban J connectivity index is 2.15. The molecular formula is C24H35NO7. The highest BCUT2D eigenvalue weighted by atomic mass is 16.6. The van der Waals surface area contributed by atoms with Crippen molar-refractivity contribution in [1.29, 1.82) is 0 Å². The number of hydrogen-bond acceptors (Lipinski definition) is 6. The van der Waals surface area contributed by atoms with E-state index >= 15 is 0 Å². The summed E-state index contributed by atoms with van der Waals surface area (Å²) in [7, 11) is 0. The number of aromatic carboxylic acids is 1. The number of nitrogens with zero attached hydrogens (tertiary/aromatic N) is 1. The third-order valence-corrected chi connectivity index (χ3v) is 4.63. The van der Waals surface area contributed by atoms with Crippen LogP contribution in [0, 0.1) is 0 Å². The minimum atomic E-state index is -1.15. The summed E-state index contributed by atoms with van der Waals surface area (Å²) in [6.45, 7) is 14.6. The molecule has 1 aromatic carbocycles. The first-order valence-electron chi connectivity index (χ1n) is 10.8. The van der Waals surface area contributed by atoms with Crippen LogP contribution in [-0.4, -0.2) is 53.0 Å². The Morgan fingerprint density at radius 2 is 1.81 bits per heavy atom. The van der Waals surface area contributed by atoms with Gasteiger partial charge in [-0.25, -0.2) is 9.59 Å². The van der Waals surface area contributed by atoms with E-state index in [0.29, 0.717) is 48.5 Å². The Morgan fingerprint density at radius 3 is 2.38 bits per heavy atom. The number of furan rings is 1. The highest BCUT2D eigenvalue weighted by molar-refractivity contribution is 5.97. The second kappa shape index (κ2) is 10.3. The van der Waals surface area contributed by atoms with Crippen molar-refractivity contribution in [3.05, 3.63) is 29.5 Å². The minimum absolute atomic E-state index is 0.113. The second-order valence-corrected chi connectivity index (χ2v) is 9.49. The second-order valence-electron chi connectivity index (χ2n) is 9.49. The van der Waals surface area contributed by atoms with E-state index in [2.05, 4.69) is 0 Å². The molecule has 2 rings (SSSR count). The summed E-state index contributed by atoms with van der Waals surface area (Å²) >= 11 is 0. The maximum absolute atomic E-state index is 12.6. The topological polar surface area (TPSA) is 98.4 Å². The van der Waals surface area contributed by atoms with Crippen LogP contribution in [-0.2, 0) is 16.1 Å². The van der Waals surface area contributed by atoms with Crippen LogP contribution in [0.25, 0.3) is 11.0 Å². The molecule has 8 nitrogen and oxygen atoms in total. The molecule has 0 unspecified atom stereocenters. The van der Waals surface area contributed by atoms with Crippen LogP contribution < -0.4 is 4.74 Å². The summed E-state index contributed by atoms with van der Waals surface area (Å²) in [6, 6.07) is 5.22. The molecule has 1 N–H and O–H groups in total. The van der Waals surface area contributed by atoms with Gasteiger partial charge in [0.25, 0.3) is 0 Å². The number of hydrogen-bond donors (Lipinski definition) is 1. The molecule has 0 atom stereocenters. The lowest BCUT2D eigenvalue weighted by Crippen LogP contribution is -2.48. The van der Waals surface area contributed by atoms with Gasteiger partial charge in [0.15, 0.2) is 0 Å². The molecule has 32 heavy (non-hydrogen) atoms. The van der Waals surface area contributed by atoms with Gasteiger partial charge < -0.3 is 28.6 Å². The molecule has 0 fully saturated rings. The number of carboxylic acids is 1. The van der Waals surface area contributed by atoms with E-state index in [9.17, 15) is 14.7 Å². The van der Waals surface area contributed by atoms with Crippen LogP contribution in [0.5, 0.6) is 5.75 Å². The fraction of sp³-hybridized carbons (Fsp3) is 0.583. The van der Waals surface area contributed by atoms with Crippen molar-refractivity contribution in [3.63, 3.8) is 0 Å². The van der Waals surface area contributed by atoms with Crippen LogP contribution in [0.4, 0.5) is 4.79 Å². The van der Waals surface area contributed by atoms with Gasteiger partial charge in [0.2, 0.25) is 5.76 Å². The number of carbonyl (C=O) groups is 2. The Kier molecular flexibility index (Phi) is 8.18. The predicted molar refractivity (Wildman–Crippen MR) is 121 cm³/mol. The molecule has 1 heterocycles. The quantitative estimate of drug-likeness (QED) is 0.507. The first-order chi connectivity index (χ1) is 14.8. The fourth-order valence-corrected chi connectivity index (χ4v) is 3.24. The van der Waals surface area contributed by atoms with Crippen LogP contribution >= 0.6 is 0 Å². The summed E-state index contributed by atoms with van der Waals surface area (Å²) in [5.74, 6) is -0.776. The van der Waals surface area contributed by atoms with E-state index < -0.39 is 17.1 Å². The van der Waals surface area contributed by atoms with Gasteiger partial charge in [0, 0.05) is 24.3 Å². The number of carboxylic acid groups (broad SMARTS) is 1. The van der Waals surface area contributed by atoms with Gasteiger partial charge in [-0.2, -0.15) is 0 Å². The maximum atomic E-state index is 12.6. The van der Waals surface area contributed by atoms with E-state index in [1.165, 1.54) is 0 Å². The third kappa shape index (κ3) is 6.63. The van der Waals surface area contributed by atoms with Crippen molar-refractivity contribution in [3.8, 4) is 5.75 Å². The van der Waals surface area contributed by atoms with Gasteiger partial charge in [0.05, 0.1) is 18.6 Å². The standard InChI is InChI=1S/C24H35NO7/c1-8-29-15-16-19-17(11-9-12-18(19)31-20(16)21(26)27)30-14-10-13-25(23(2,3)4)22(28)32-24(5,6)7/h9,11-12H,8,10,13-15H2,1-7H3,(H,26,27). The normalized spacial score (nSPS) is 12.1. The first-order valence-corrected chi connectivity index (χ1v) is 10.8. The van der Waals surface area contributed by atoms with Crippen LogP contribution in [0.15, 0.2) is 22.6 Å². The van der Waals surface area contributed by atoms with E-state index in [0.717, 1.165) is 0 Å². The number of amides is 1. The van der Waals surface area contributed by atoms with E-state index in [1.807, 2.05) is 48.5 Å². The zero-order valence-corrected chi connectivity index (χ0v) is 20.1. The Morgan fingerprint density at radius 1 is 1.12 bits per heavy atom. The molecule has 0 radical (unpaired) electrons. The van der Waals surface area contributed by atoms with Gasteiger partial charge in [0.1, 0.15) is 16.9 Å². The van der Waals surface area contributed by atoms with Crippen molar-refractivity contribution in [1.82, 2.24) is 4.90 Å². The van der Waals surface area contributed by atoms with Crippen LogP contribution in [0.1, 0.15) is 71.0 Å². The fourth-order valence-electron chi connectivity index (χ4n) is 3.24. The molecular weight excluding hydrogens is 414 g/mol. The molecule has 0 saturated carbocycles. The number of rotatable bonds is 9. The molecule has 0 saturated heterocycles. The number of carbonyl (C=O) groups excluding carboxylic acids is 1. The largest absolute Gasteiger partial charge is 0.493 e. The molecule has 0 spiro atoms. The van der Waals surface area contributed by atoms with Crippen molar-refractivity contribution < 1.29 is 33.3 Å². The SMILES string of the molecule is CCOCc1c(C(=O)O)oc2cccc(OCCCN(C(=O)OC(C)(C)C)C(C)(C)C)c12. The van der Waals surface area contributed by atoms with E-state index in [4.69, 9.17) is 18.6 Å². The van der Waals surface area contributed by atoms with E-state index in [-0.39, 0.29) is 18.5 Å². The Hall–Kier alpha value is -2.74. The van der Waals surface area contributed by atoms with Gasteiger partial charge in [-0.15, -0.1) is 0 Å². The monoisotopic (exact) mass is 449 g/mol. The minimum Gasteiger partial charge on any atom is -0.493 e. The van der Waals surface area contributed by atoms with Crippen molar-refractivity contribution in [2.75, 3.05) is 19.8 Å². The van der Waals surface area contributed by atoms with Crippen LogP contribution in [0.2, 0.25) is 0 Å². The van der Waals surface area contributed by atoms with Gasteiger partial charge in [-0.1, -0.05) is 6.07 Å². The number of fused-ring (bicyclic) bond motifs is 1. The average molecular weight is 450 g/mol. The van der Waals surface area contributed by atoms with Gasteiger partial charge in [-0.3, -0.25) is 0 Å². The highest BCUT2D eigenvalue weighted by Crippen LogP contribution is 2.34. The summed E-state index contributed by atoms with van der Waals surface area (Å²) in [5.41, 5.74) is -0.101. The van der Waals surface area contributed by atoms with Crippen LogP contribution in [0.3, 0.4) is 0 Å². The lowest BCUT2D eigenvalue weighted by Gasteiger charge is -2.36. The zero-order valence-electron chi connectivity index (χ0n) is 20.1. The molecule has 2 aromatic rings. The first kappa shape index (κ1) is 25.5. The lowest BCUT2D eigenvalue weighted by atomic mass is 10.1. The Labute approximate surface area is 189 Å². The Bertz CT molecular complexity index is 934. The smallest absolute Gasteiger partial charge is 0.410 e. The van der Waals surface area contributed by atoms with E-state index in [1.54, 1.807) is 23.1 Å². The summed E-state index contributed by atoms with van der Waals surface area (Å²) in [5, 5.41) is 10.1. The molecule has 0 aliphatic carbocycles. The number of ether oxygens (including phenoxy) is 3. The number of benzene rings is 1. The van der Waals surface area contributed by atoms with Crippen molar-refractivity contribution in [2.24, 2.45) is 0 Å². The summed E-state index contributed by atoms with van der Waals surface area (Å²) in [6.07, 6.45) is 0.198. The summed E-state index contributed by atoms with van der Waals surface area (Å²) in [4.78, 5) is 25.9. The molecule has 1 amide bonds. The predicted octanol–water partition coefficient (Wildman–Crippen LogP) is 5.47. The third-order valence-electron chi connectivity index (χ3n) is 4.63. The van der Waals surface area contributed by atoms with Gasteiger partial charge >= 0.3 is 12.1 Å². The molecule has 0 aliphatic rings. The summed E-state index contributed by atoms with van der Waals surface area (Å²) < 4.78 is 22.5. The van der Waals surface area contributed by atoms with Crippen molar-refractivity contribution in [2.45, 2.75) is 72.6 Å². The molecule has 0 aliphatic heterocycles. The lowest BCUT2D eigenvalue weighted by molar-refractivity contribution is 0.00519. The van der Waals surface area contributed by atoms with Crippen molar-refractivity contribution >= 4 is 23.0 Å². The van der Waals surface area contributed by atoms with Gasteiger partial charge in [-0.05, 0) is 67.0 Å². The molecule has 178 valence electrons. The zero-order chi connectivity index (χ0) is 24.1. The molecule has 0 bridgehead atoms. The molecule has 8 heteroatoms. The highest BCUT2D eigenvalue weighted by Gasteiger charge is 2.30. The average Bonchev–Trinajstić information content (AvgIpc) is 3.03. The molecule has 1 aromatic heterocycles.